The summed E-state index contributed by atoms with van der Waals surface area (Å²) in [6.07, 6.45) is 1.08. The van der Waals surface area contributed by atoms with Crippen molar-refractivity contribution in [3.8, 4) is 11.8 Å². The predicted molar refractivity (Wildman–Crippen MR) is 246 cm³/mol. The van der Waals surface area contributed by atoms with Crippen molar-refractivity contribution in [3.05, 3.63) is 87.2 Å². The normalized spacial score (nSPS) is 23.9. The van der Waals surface area contributed by atoms with Crippen molar-refractivity contribution in [2.24, 2.45) is 16.7 Å². The summed E-state index contributed by atoms with van der Waals surface area (Å²) in [6.45, 7) is 13.9. The predicted octanol–water partition coefficient (Wildman–Crippen LogP) is 3.52. The number of anilines is 2. The average molecular weight is 919 g/mol. The number of nitrogens with one attached hydrogen (secondary N) is 2. The van der Waals surface area contributed by atoms with Crippen LogP contribution in [0.1, 0.15) is 75.3 Å². The number of aliphatic hydroxyl groups is 1. The molecule has 0 bridgehead atoms. The highest BCUT2D eigenvalue weighted by Crippen LogP contribution is 2.55. The van der Waals surface area contributed by atoms with Crippen LogP contribution < -0.4 is 30.7 Å². The number of aromatic nitrogens is 3. The number of hydrogen-bond donors (Lipinski definition) is 3. The van der Waals surface area contributed by atoms with Gasteiger partial charge in [0.2, 0.25) is 11.8 Å². The zero-order valence-electron chi connectivity index (χ0n) is 37.6. The monoisotopic (exact) mass is 918 g/mol. The molecule has 5 fully saturated rings. The third-order valence-electron chi connectivity index (χ3n) is 14.6. The Hall–Kier alpha value is -6.09. The quantitative estimate of drug-likeness (QED) is 0.195. The molecular weight excluding hydrogens is 864 g/mol. The molecule has 346 valence electrons. The number of halogens is 1. The van der Waals surface area contributed by atoms with E-state index in [1.165, 1.54) is 0 Å². The molecule has 66 heavy (non-hydrogen) atoms. The molecule has 4 amide bonds. The number of benzene rings is 3. The summed E-state index contributed by atoms with van der Waals surface area (Å²) in [5.41, 5.74) is 1.07. The fourth-order valence-corrected chi connectivity index (χ4v) is 11.2. The molecule has 1 saturated carbocycles. The van der Waals surface area contributed by atoms with Crippen molar-refractivity contribution in [1.82, 2.24) is 35.4 Å². The van der Waals surface area contributed by atoms with E-state index < -0.39 is 23.1 Å². The first kappa shape index (κ1) is 45.1. The van der Waals surface area contributed by atoms with Gasteiger partial charge in [0, 0.05) is 105 Å². The largest absolute Gasteiger partial charge is 0.489 e. The fraction of sp³-hybridized carbons (Fsp3) is 0.500. The number of hydrogen-bond acceptors (Lipinski definition) is 13. The molecule has 18 heteroatoms. The van der Waals surface area contributed by atoms with E-state index in [1.807, 2.05) is 40.1 Å². The molecule has 3 N–H and O–H groups in total. The highest BCUT2D eigenvalue weighted by Gasteiger charge is 2.64. The topological polar surface area (TPSA) is 206 Å². The molecule has 5 heterocycles. The van der Waals surface area contributed by atoms with Crippen LogP contribution in [0.4, 0.5) is 11.4 Å². The van der Waals surface area contributed by atoms with Crippen LogP contribution >= 0.6 is 11.6 Å². The molecule has 1 aromatic heterocycles. The summed E-state index contributed by atoms with van der Waals surface area (Å²) in [5.74, 6) is -0.643. The van der Waals surface area contributed by atoms with Gasteiger partial charge in [-0.15, -0.1) is 5.10 Å². The minimum absolute atomic E-state index is 0.0680. The number of carbonyl (C=O) groups excluding carboxylic acids is 4. The third-order valence-corrected chi connectivity index (χ3v) is 14.9. The molecule has 4 saturated heterocycles. The summed E-state index contributed by atoms with van der Waals surface area (Å²) >= 11 is 6.26. The van der Waals surface area contributed by atoms with Gasteiger partial charge in [0.15, 0.2) is 0 Å². The first-order chi connectivity index (χ1) is 31.4. The fourth-order valence-electron chi connectivity index (χ4n) is 11.0. The molecule has 4 aromatic rings. The first-order valence-electron chi connectivity index (χ1n) is 22.7. The van der Waals surface area contributed by atoms with Crippen molar-refractivity contribution in [3.63, 3.8) is 0 Å². The lowest BCUT2D eigenvalue weighted by atomic mass is 9.49. The van der Waals surface area contributed by atoms with Crippen LogP contribution in [0.5, 0.6) is 5.75 Å². The highest BCUT2D eigenvalue weighted by molar-refractivity contribution is 6.31. The van der Waals surface area contributed by atoms with Crippen LogP contribution in [0.15, 0.2) is 65.5 Å². The molecule has 9 rings (SSSR count). The summed E-state index contributed by atoms with van der Waals surface area (Å²) in [6, 6.07) is 19.0. The smallest absolute Gasteiger partial charge is 0.278 e. The number of imide groups is 1. The average Bonchev–Trinajstić information content (AvgIpc) is 3.27. The van der Waals surface area contributed by atoms with E-state index in [9.17, 15) is 34.3 Å². The zero-order valence-corrected chi connectivity index (χ0v) is 38.4. The van der Waals surface area contributed by atoms with E-state index in [0.29, 0.717) is 78.4 Å². The molecule has 17 nitrogen and oxygen atoms in total. The van der Waals surface area contributed by atoms with Crippen molar-refractivity contribution in [2.75, 3.05) is 68.7 Å². The molecule has 0 radical (unpaired) electrons. The second-order valence-electron chi connectivity index (χ2n) is 19.8. The zero-order chi connectivity index (χ0) is 46.7. The van der Waals surface area contributed by atoms with E-state index >= 15 is 0 Å². The van der Waals surface area contributed by atoms with Gasteiger partial charge in [0.1, 0.15) is 29.5 Å². The molecule has 1 unspecified atom stereocenters. The lowest BCUT2D eigenvalue weighted by Crippen LogP contribution is -2.74. The van der Waals surface area contributed by atoms with Gasteiger partial charge in [-0.05, 0) is 73.9 Å². The van der Waals surface area contributed by atoms with Crippen molar-refractivity contribution < 1.29 is 29.0 Å². The number of piperidine rings is 2. The summed E-state index contributed by atoms with van der Waals surface area (Å²) < 4.78 is 7.43. The molecule has 1 aliphatic carbocycles. The number of ether oxygens (including phenoxy) is 1. The van der Waals surface area contributed by atoms with Gasteiger partial charge in [-0.25, -0.2) is 0 Å². The number of fused-ring (bicyclic) bond motifs is 1. The second kappa shape index (κ2) is 17.3. The Labute approximate surface area is 387 Å². The van der Waals surface area contributed by atoms with Crippen molar-refractivity contribution >= 4 is 57.5 Å². The van der Waals surface area contributed by atoms with Crippen LogP contribution in [0, 0.1) is 28.1 Å². The lowest BCUT2D eigenvalue weighted by molar-refractivity contribution is -0.164. The number of amides is 4. The Morgan fingerprint density at radius 2 is 1.59 bits per heavy atom. The van der Waals surface area contributed by atoms with Crippen molar-refractivity contribution in [2.45, 2.75) is 77.2 Å². The Morgan fingerprint density at radius 1 is 0.909 bits per heavy atom. The molecule has 3 aromatic carbocycles. The Bertz CT molecular complexity index is 2660. The molecule has 1 atom stereocenters. The van der Waals surface area contributed by atoms with Crippen LogP contribution in [-0.4, -0.2) is 130 Å². The maximum Gasteiger partial charge on any atom is 0.278 e. The van der Waals surface area contributed by atoms with E-state index in [1.54, 1.807) is 30.3 Å². The summed E-state index contributed by atoms with van der Waals surface area (Å²) in [5, 5.41) is 35.2. The van der Waals surface area contributed by atoms with Gasteiger partial charge in [-0.3, -0.25) is 34.2 Å². The number of likely N-dealkylation sites (tertiary alicyclic amines) is 1. The van der Waals surface area contributed by atoms with E-state index in [2.05, 4.69) is 64.5 Å². The molecule has 4 aliphatic heterocycles. The number of β-amino-alcohol motifs (C(OH)–C–C–N with tert-alkyl or cyclic N) is 1. The number of nitriles is 1. The van der Waals surface area contributed by atoms with Crippen LogP contribution in [0.3, 0.4) is 0 Å². The summed E-state index contributed by atoms with van der Waals surface area (Å²) in [4.78, 5) is 73.0. The highest BCUT2D eigenvalue weighted by atomic mass is 35.5. The molecule has 5 aliphatic rings. The summed E-state index contributed by atoms with van der Waals surface area (Å²) in [7, 11) is 0. The van der Waals surface area contributed by atoms with Gasteiger partial charge in [0.05, 0.1) is 27.5 Å². The van der Waals surface area contributed by atoms with Gasteiger partial charge < -0.3 is 29.9 Å². The second-order valence-corrected chi connectivity index (χ2v) is 20.2. The number of nitrogens with zero attached hydrogens (tertiary/aromatic N) is 8. The Morgan fingerprint density at radius 3 is 2.24 bits per heavy atom. The van der Waals surface area contributed by atoms with Crippen molar-refractivity contribution in [1.29, 1.82) is 5.26 Å². The van der Waals surface area contributed by atoms with Gasteiger partial charge in [-0.2, -0.15) is 9.94 Å². The molecular formula is C48H55ClN10O7. The lowest BCUT2D eigenvalue weighted by Gasteiger charge is -2.63. The maximum absolute atomic E-state index is 13.6. The molecule has 0 spiro atoms. The van der Waals surface area contributed by atoms with Crippen LogP contribution in [-0.2, 0) is 14.4 Å². The minimum atomic E-state index is -0.908. The Balaban J connectivity index is 0.715. The van der Waals surface area contributed by atoms with Gasteiger partial charge in [0.25, 0.3) is 17.4 Å². The first-order valence-corrected chi connectivity index (χ1v) is 23.1. The minimum Gasteiger partial charge on any atom is -0.489 e. The van der Waals surface area contributed by atoms with E-state index in [0.717, 1.165) is 42.2 Å². The third kappa shape index (κ3) is 8.46. The Kier molecular flexibility index (Phi) is 11.8. The number of piperazine rings is 1. The van der Waals surface area contributed by atoms with E-state index in [4.69, 9.17) is 16.3 Å². The van der Waals surface area contributed by atoms with Crippen LogP contribution in [0.25, 0.3) is 10.9 Å². The number of carbonyl (C=O) groups is 4. The maximum atomic E-state index is 13.6. The SMILES string of the molecule is CC1(C)C(NC(=O)c2ccc(N3CCN(CC4(O)CCN(C(=O)C5CN(c6ccc7nnn(C8CCC(=O)NC8=O)c(=O)c7c6)C5)CC4)CC3)cc2)C(C)(C)C1Oc1ccc(C#N)c(Cl)c1. The standard InChI is InChI=1S/C48H55ClN10O7/c1-46(2)44(47(3,4)45(46)66-34-11-7-30(25-50)36(49)24-34)52-40(61)29-5-8-32(9-6-29)56-21-19-55(20-22-56)28-48(65)15-17-57(18-16-48)42(63)31-26-58(27-31)33-10-12-37-35(23-33)43(64)59(54-53-37)38-13-14-39(60)51-41(38)62/h5-12,23-24,31,38,44-45,65H,13-22,26-28H2,1-4H3,(H,52,61)(H,51,60,62). The van der Waals surface area contributed by atoms with Gasteiger partial charge >= 0.3 is 0 Å². The van der Waals surface area contributed by atoms with E-state index in [-0.39, 0.29) is 59.5 Å². The number of rotatable bonds is 10. The van der Waals surface area contributed by atoms with Crippen LogP contribution in [0.2, 0.25) is 5.02 Å². The van der Waals surface area contributed by atoms with Gasteiger partial charge in [-0.1, -0.05) is 44.5 Å².